The van der Waals surface area contributed by atoms with Crippen LogP contribution in [0.5, 0.6) is 0 Å². The Labute approximate surface area is 103 Å². The second-order valence-corrected chi connectivity index (χ2v) is 4.94. The quantitative estimate of drug-likeness (QED) is 0.685. The molecule has 0 radical (unpaired) electrons. The van der Waals surface area contributed by atoms with Crippen molar-refractivity contribution in [3.63, 3.8) is 0 Å². The van der Waals surface area contributed by atoms with Crippen molar-refractivity contribution in [1.29, 1.82) is 0 Å². The highest BCUT2D eigenvalue weighted by Gasteiger charge is 2.34. The molecule has 1 aliphatic heterocycles. The maximum absolute atomic E-state index is 12.0. The molecule has 17 heavy (non-hydrogen) atoms. The van der Waals surface area contributed by atoms with Gasteiger partial charge in [-0.1, -0.05) is 6.92 Å². The van der Waals surface area contributed by atoms with E-state index in [-0.39, 0.29) is 18.1 Å². The molecule has 0 aromatic carbocycles. The number of carbonyl (C=O) groups is 1. The Morgan fingerprint density at radius 1 is 1.59 bits per heavy atom. The molecule has 0 aromatic heterocycles. The number of morpholine rings is 1. The Hall–Kier alpha value is -0.650. The van der Waals surface area contributed by atoms with Gasteiger partial charge in [0.2, 0.25) is 0 Å². The summed E-state index contributed by atoms with van der Waals surface area (Å²) in [4.78, 5) is 14.3. The summed E-state index contributed by atoms with van der Waals surface area (Å²) >= 11 is 0. The smallest absolute Gasteiger partial charge is 0.250 e. The third kappa shape index (κ3) is 3.40. The maximum Gasteiger partial charge on any atom is 0.250 e. The molecule has 1 saturated heterocycles. The minimum atomic E-state index is -0.323. The van der Waals surface area contributed by atoms with Crippen LogP contribution >= 0.6 is 0 Å². The van der Waals surface area contributed by atoms with Crippen LogP contribution in [0.1, 0.15) is 19.8 Å². The van der Waals surface area contributed by atoms with E-state index in [1.807, 2.05) is 0 Å². The molecule has 0 aromatic rings. The van der Waals surface area contributed by atoms with Crippen LogP contribution in [0.2, 0.25) is 0 Å². The number of rotatable bonds is 5. The first kappa shape index (κ1) is 12.8. The standard InChI is InChI=1S/C12H23N3O2/c1-2-15-5-6-17-11(8-15)12(16)14-10(7-13)9-3-4-9/h9-11H,2-8,13H2,1H3,(H,14,16). The first-order valence-electron chi connectivity index (χ1n) is 6.59. The van der Waals surface area contributed by atoms with Crippen LogP contribution in [-0.4, -0.2) is 55.7 Å². The molecule has 0 spiro atoms. The van der Waals surface area contributed by atoms with Gasteiger partial charge in [0, 0.05) is 25.7 Å². The second kappa shape index (κ2) is 5.80. The molecule has 0 bridgehead atoms. The summed E-state index contributed by atoms with van der Waals surface area (Å²) in [5.41, 5.74) is 5.68. The van der Waals surface area contributed by atoms with E-state index in [0.29, 0.717) is 25.6 Å². The molecule has 2 unspecified atom stereocenters. The van der Waals surface area contributed by atoms with Gasteiger partial charge in [-0.15, -0.1) is 0 Å². The van der Waals surface area contributed by atoms with Gasteiger partial charge < -0.3 is 15.8 Å². The zero-order valence-electron chi connectivity index (χ0n) is 10.5. The monoisotopic (exact) mass is 241 g/mol. The molecule has 2 rings (SSSR count). The summed E-state index contributed by atoms with van der Waals surface area (Å²) in [6.07, 6.45) is 2.06. The zero-order valence-corrected chi connectivity index (χ0v) is 10.5. The van der Waals surface area contributed by atoms with Crippen LogP contribution in [0, 0.1) is 5.92 Å². The van der Waals surface area contributed by atoms with E-state index in [0.717, 1.165) is 13.1 Å². The fraction of sp³-hybridized carbons (Fsp3) is 0.917. The zero-order chi connectivity index (χ0) is 12.3. The summed E-state index contributed by atoms with van der Waals surface area (Å²) in [5, 5.41) is 3.03. The molecule has 1 heterocycles. The Balaban J connectivity index is 1.81. The number of carbonyl (C=O) groups excluding carboxylic acids is 1. The van der Waals surface area contributed by atoms with E-state index in [9.17, 15) is 4.79 Å². The lowest BCUT2D eigenvalue weighted by atomic mass is 10.1. The first-order valence-corrected chi connectivity index (χ1v) is 6.59. The van der Waals surface area contributed by atoms with Crippen molar-refractivity contribution in [3.05, 3.63) is 0 Å². The third-order valence-electron chi connectivity index (χ3n) is 3.66. The van der Waals surface area contributed by atoms with E-state index >= 15 is 0 Å². The summed E-state index contributed by atoms with van der Waals surface area (Å²) in [5.74, 6) is 0.598. The van der Waals surface area contributed by atoms with Crippen LogP contribution < -0.4 is 11.1 Å². The lowest BCUT2D eigenvalue weighted by Crippen LogP contribution is -2.53. The fourth-order valence-corrected chi connectivity index (χ4v) is 2.29. The molecule has 2 atom stereocenters. The lowest BCUT2D eigenvalue weighted by molar-refractivity contribution is -0.139. The van der Waals surface area contributed by atoms with Gasteiger partial charge in [-0.3, -0.25) is 9.69 Å². The number of nitrogens with two attached hydrogens (primary N) is 1. The van der Waals surface area contributed by atoms with Gasteiger partial charge in [-0.2, -0.15) is 0 Å². The topological polar surface area (TPSA) is 67.6 Å². The maximum atomic E-state index is 12.0. The number of likely N-dealkylation sites (N-methyl/N-ethyl adjacent to an activating group) is 1. The predicted molar refractivity (Wildman–Crippen MR) is 65.6 cm³/mol. The minimum Gasteiger partial charge on any atom is -0.366 e. The Morgan fingerprint density at radius 2 is 2.35 bits per heavy atom. The van der Waals surface area contributed by atoms with Crippen molar-refractivity contribution in [2.75, 3.05) is 32.8 Å². The van der Waals surface area contributed by atoms with Crippen molar-refractivity contribution >= 4 is 5.91 Å². The molecule has 2 fully saturated rings. The first-order chi connectivity index (χ1) is 8.24. The van der Waals surface area contributed by atoms with Crippen molar-refractivity contribution in [2.45, 2.75) is 31.9 Å². The number of nitrogens with one attached hydrogen (secondary N) is 1. The Kier molecular flexibility index (Phi) is 4.36. The number of ether oxygens (including phenoxy) is 1. The van der Waals surface area contributed by atoms with Gasteiger partial charge >= 0.3 is 0 Å². The Morgan fingerprint density at radius 3 is 2.94 bits per heavy atom. The van der Waals surface area contributed by atoms with Crippen LogP contribution in [0.25, 0.3) is 0 Å². The molecular formula is C12H23N3O2. The predicted octanol–water partition coefficient (Wildman–Crippen LogP) is -0.439. The van der Waals surface area contributed by atoms with Gasteiger partial charge in [-0.25, -0.2) is 0 Å². The number of nitrogens with zero attached hydrogens (tertiary/aromatic N) is 1. The van der Waals surface area contributed by atoms with Gasteiger partial charge in [0.25, 0.3) is 5.91 Å². The van der Waals surface area contributed by atoms with Crippen molar-refractivity contribution in [1.82, 2.24) is 10.2 Å². The highest BCUT2D eigenvalue weighted by molar-refractivity contribution is 5.81. The molecule has 1 amide bonds. The summed E-state index contributed by atoms with van der Waals surface area (Å²) in [6.45, 7) is 5.86. The van der Waals surface area contributed by atoms with Gasteiger partial charge in [0.15, 0.2) is 0 Å². The van der Waals surface area contributed by atoms with Gasteiger partial charge in [-0.05, 0) is 25.3 Å². The second-order valence-electron chi connectivity index (χ2n) is 4.94. The third-order valence-corrected chi connectivity index (χ3v) is 3.66. The molecule has 5 heteroatoms. The molecule has 3 N–H and O–H groups in total. The summed E-state index contributed by atoms with van der Waals surface area (Å²) < 4.78 is 5.52. The number of amides is 1. The van der Waals surface area contributed by atoms with Gasteiger partial charge in [0.05, 0.1) is 6.61 Å². The van der Waals surface area contributed by atoms with Crippen LogP contribution in [0.15, 0.2) is 0 Å². The van der Waals surface area contributed by atoms with E-state index in [2.05, 4.69) is 17.1 Å². The van der Waals surface area contributed by atoms with Crippen molar-refractivity contribution in [2.24, 2.45) is 11.7 Å². The van der Waals surface area contributed by atoms with E-state index in [1.165, 1.54) is 12.8 Å². The normalized spacial score (nSPS) is 27.8. The Bertz CT molecular complexity index is 268. The SMILES string of the molecule is CCN1CCOC(C(=O)NC(CN)C2CC2)C1. The van der Waals surface area contributed by atoms with Crippen LogP contribution in [-0.2, 0) is 9.53 Å². The lowest BCUT2D eigenvalue weighted by Gasteiger charge is -2.32. The molecule has 1 saturated carbocycles. The van der Waals surface area contributed by atoms with Crippen molar-refractivity contribution < 1.29 is 9.53 Å². The number of hydrogen-bond donors (Lipinski definition) is 2. The summed E-state index contributed by atoms with van der Waals surface area (Å²) in [7, 11) is 0. The van der Waals surface area contributed by atoms with Crippen LogP contribution in [0.3, 0.4) is 0 Å². The highest BCUT2D eigenvalue weighted by atomic mass is 16.5. The molecule has 98 valence electrons. The van der Waals surface area contributed by atoms with Crippen LogP contribution in [0.4, 0.5) is 0 Å². The minimum absolute atomic E-state index is 0.00509. The van der Waals surface area contributed by atoms with E-state index in [1.54, 1.807) is 0 Å². The number of hydrogen-bond acceptors (Lipinski definition) is 4. The summed E-state index contributed by atoms with van der Waals surface area (Å²) in [6, 6.07) is 0.142. The highest BCUT2D eigenvalue weighted by Crippen LogP contribution is 2.32. The average Bonchev–Trinajstić information content (AvgIpc) is 3.20. The van der Waals surface area contributed by atoms with Crippen molar-refractivity contribution in [3.8, 4) is 0 Å². The molecule has 5 nitrogen and oxygen atoms in total. The average molecular weight is 241 g/mol. The fourth-order valence-electron chi connectivity index (χ4n) is 2.29. The molecular weight excluding hydrogens is 218 g/mol. The molecule has 2 aliphatic rings. The largest absolute Gasteiger partial charge is 0.366 e. The van der Waals surface area contributed by atoms with Gasteiger partial charge in [0.1, 0.15) is 6.10 Å². The van der Waals surface area contributed by atoms with E-state index in [4.69, 9.17) is 10.5 Å². The molecule has 1 aliphatic carbocycles. The van der Waals surface area contributed by atoms with E-state index < -0.39 is 0 Å².